The van der Waals surface area contributed by atoms with Crippen molar-refractivity contribution in [1.82, 2.24) is 0 Å². The van der Waals surface area contributed by atoms with Gasteiger partial charge in [0.05, 0.1) is 18.1 Å². The van der Waals surface area contributed by atoms with Crippen molar-refractivity contribution < 1.29 is 18.9 Å². The zero-order valence-corrected chi connectivity index (χ0v) is 14.0. The fraction of sp³-hybridized carbons (Fsp3) is 0.500. The van der Waals surface area contributed by atoms with Crippen LogP contribution in [-0.4, -0.2) is 40.0 Å². The van der Waals surface area contributed by atoms with E-state index in [0.717, 1.165) is 0 Å². The van der Waals surface area contributed by atoms with Gasteiger partial charge in [0.25, 0.3) is 5.79 Å². The van der Waals surface area contributed by atoms with Crippen LogP contribution in [0.5, 0.6) is 0 Å². The van der Waals surface area contributed by atoms with Crippen molar-refractivity contribution in [3.8, 4) is 12.1 Å². The highest BCUT2D eigenvalue weighted by Gasteiger charge is 2.86. The summed E-state index contributed by atoms with van der Waals surface area (Å²) in [6.07, 6.45) is 0. The first-order valence-corrected chi connectivity index (χ1v) is 7.15. The van der Waals surface area contributed by atoms with Gasteiger partial charge in [0.1, 0.15) is 0 Å². The minimum absolute atomic E-state index is 0.540. The topological polar surface area (TPSA) is 84.5 Å². The number of hydrogen-bond donors (Lipinski definition) is 0. The zero-order valence-electron chi connectivity index (χ0n) is 13.3. The van der Waals surface area contributed by atoms with Gasteiger partial charge in [-0.25, -0.2) is 0 Å². The maximum atomic E-state index is 9.77. The van der Waals surface area contributed by atoms with Gasteiger partial charge >= 0.3 is 0 Å². The van der Waals surface area contributed by atoms with Crippen molar-refractivity contribution >= 4 is 11.6 Å². The lowest BCUT2D eigenvalue weighted by molar-refractivity contribution is -0.481. The second-order valence-corrected chi connectivity index (χ2v) is 5.55. The number of hydrogen-bond acceptors (Lipinski definition) is 6. The molecule has 1 fully saturated rings. The number of methoxy groups -OCH3 is 4. The second-order valence-electron chi connectivity index (χ2n) is 5.12. The summed E-state index contributed by atoms with van der Waals surface area (Å²) in [5, 5.41) is 20.1. The summed E-state index contributed by atoms with van der Waals surface area (Å²) in [4.78, 5) is 0. The highest BCUT2D eigenvalue weighted by Crippen LogP contribution is 2.68. The molecule has 0 saturated heterocycles. The fourth-order valence-electron chi connectivity index (χ4n) is 3.57. The van der Waals surface area contributed by atoms with Gasteiger partial charge in [0.15, 0.2) is 0 Å². The molecule has 0 N–H and O–H groups in total. The van der Waals surface area contributed by atoms with E-state index in [9.17, 15) is 10.5 Å². The molecule has 1 aromatic carbocycles. The average Bonchev–Trinajstić information content (AvgIpc) is 2.58. The molecule has 7 heteroatoms. The molecule has 122 valence electrons. The summed E-state index contributed by atoms with van der Waals surface area (Å²) in [7, 11) is 5.52. The summed E-state index contributed by atoms with van der Waals surface area (Å²) >= 11 is 5.92. The highest BCUT2D eigenvalue weighted by molar-refractivity contribution is 6.30. The highest BCUT2D eigenvalue weighted by atomic mass is 35.5. The lowest BCUT2D eigenvalue weighted by Crippen LogP contribution is -2.82. The molecule has 1 aliphatic carbocycles. The van der Waals surface area contributed by atoms with Crippen molar-refractivity contribution in [3.05, 3.63) is 34.9 Å². The molecule has 1 atom stereocenters. The second kappa shape index (κ2) is 6.09. The maximum absolute atomic E-state index is 9.77. The van der Waals surface area contributed by atoms with Crippen molar-refractivity contribution in [2.45, 2.75) is 17.5 Å². The van der Waals surface area contributed by atoms with Gasteiger partial charge in [0, 0.05) is 33.5 Å². The van der Waals surface area contributed by atoms with Gasteiger partial charge in [-0.15, -0.1) is 0 Å². The molecule has 0 unspecified atom stereocenters. The minimum Gasteiger partial charge on any atom is -0.348 e. The molecule has 0 heterocycles. The predicted molar refractivity (Wildman–Crippen MR) is 81.4 cm³/mol. The van der Waals surface area contributed by atoms with Crippen molar-refractivity contribution in [3.63, 3.8) is 0 Å². The third-order valence-electron chi connectivity index (χ3n) is 4.53. The van der Waals surface area contributed by atoms with Gasteiger partial charge in [-0.3, -0.25) is 0 Å². The van der Waals surface area contributed by atoms with Crippen LogP contribution < -0.4 is 0 Å². The monoisotopic (exact) mass is 336 g/mol. The van der Waals surface area contributed by atoms with E-state index >= 15 is 0 Å². The van der Waals surface area contributed by atoms with Gasteiger partial charge in [-0.05, 0) is 17.7 Å². The van der Waals surface area contributed by atoms with E-state index in [2.05, 4.69) is 0 Å². The first-order chi connectivity index (χ1) is 11.0. The molecule has 0 aromatic heterocycles. The smallest absolute Gasteiger partial charge is 0.257 e. The number of nitrogens with zero attached hydrogens (tertiary/aromatic N) is 2. The SMILES string of the molecule is COC1(OC)[C@@H](c2ccc(Cl)cc2)C(C#N)(C#N)C1(OC)OC. The molecule has 0 radical (unpaired) electrons. The Balaban J connectivity index is 2.74. The van der Waals surface area contributed by atoms with Crippen LogP contribution in [0.15, 0.2) is 24.3 Å². The first-order valence-electron chi connectivity index (χ1n) is 6.77. The molecule has 1 aliphatic rings. The summed E-state index contributed by atoms with van der Waals surface area (Å²) in [5.74, 6) is -3.91. The van der Waals surface area contributed by atoms with E-state index in [-0.39, 0.29) is 0 Å². The van der Waals surface area contributed by atoms with Crippen LogP contribution >= 0.6 is 11.6 Å². The van der Waals surface area contributed by atoms with E-state index in [4.69, 9.17) is 30.5 Å². The largest absolute Gasteiger partial charge is 0.348 e. The van der Waals surface area contributed by atoms with E-state index in [0.29, 0.717) is 10.6 Å². The minimum atomic E-state index is -1.70. The van der Waals surface area contributed by atoms with Crippen LogP contribution in [0.3, 0.4) is 0 Å². The van der Waals surface area contributed by atoms with Crippen LogP contribution in [-0.2, 0) is 18.9 Å². The van der Waals surface area contributed by atoms with Gasteiger partial charge in [-0.2, -0.15) is 10.5 Å². The number of nitriles is 2. The Morgan fingerprint density at radius 1 is 0.913 bits per heavy atom. The van der Waals surface area contributed by atoms with Crippen molar-refractivity contribution in [2.24, 2.45) is 5.41 Å². The zero-order chi connectivity index (χ0) is 17.3. The number of rotatable bonds is 5. The molecule has 1 aromatic rings. The molecule has 6 nitrogen and oxygen atoms in total. The average molecular weight is 337 g/mol. The molecular weight excluding hydrogens is 320 g/mol. The normalized spacial score (nSPS) is 23.3. The summed E-state index contributed by atoms with van der Waals surface area (Å²) in [6.45, 7) is 0. The van der Waals surface area contributed by atoms with Crippen LogP contribution in [0, 0.1) is 28.1 Å². The number of benzene rings is 1. The van der Waals surface area contributed by atoms with Crippen molar-refractivity contribution in [1.29, 1.82) is 10.5 Å². The predicted octanol–water partition coefficient (Wildman–Crippen LogP) is 2.45. The lowest BCUT2D eigenvalue weighted by atomic mass is 9.49. The van der Waals surface area contributed by atoms with E-state index < -0.39 is 22.9 Å². The fourth-order valence-corrected chi connectivity index (χ4v) is 3.69. The Hall–Kier alpha value is -1.67. The Morgan fingerprint density at radius 3 is 1.74 bits per heavy atom. The van der Waals surface area contributed by atoms with Crippen molar-refractivity contribution in [2.75, 3.05) is 28.4 Å². The van der Waals surface area contributed by atoms with Crippen LogP contribution in [0.2, 0.25) is 5.02 Å². The number of halogens is 1. The molecule has 0 spiro atoms. The van der Waals surface area contributed by atoms with E-state index in [1.165, 1.54) is 28.4 Å². The molecule has 0 bridgehead atoms. The molecular formula is C16H17ClN2O4. The molecule has 2 rings (SSSR count). The summed E-state index contributed by atoms with van der Waals surface area (Å²) < 4.78 is 22.0. The van der Waals surface area contributed by atoms with Gasteiger partial charge in [-0.1, -0.05) is 23.7 Å². The quantitative estimate of drug-likeness (QED) is 0.768. The molecule has 0 amide bonds. The van der Waals surface area contributed by atoms with Crippen LogP contribution in [0.4, 0.5) is 0 Å². The van der Waals surface area contributed by atoms with Gasteiger partial charge < -0.3 is 18.9 Å². The van der Waals surface area contributed by atoms with E-state index in [1.54, 1.807) is 24.3 Å². The van der Waals surface area contributed by atoms with Gasteiger partial charge in [0.2, 0.25) is 11.2 Å². The Kier molecular flexibility index (Phi) is 4.68. The Labute approximate surface area is 140 Å². The summed E-state index contributed by atoms with van der Waals surface area (Å²) in [5.41, 5.74) is -0.998. The first kappa shape index (κ1) is 17.7. The third kappa shape index (κ3) is 1.88. The Morgan fingerprint density at radius 2 is 1.39 bits per heavy atom. The standard InChI is InChI=1S/C16H17ClN2O4/c1-20-15(21-2)13(11-5-7-12(17)8-6-11)14(9-18,10-19)16(15,22-3)23-4/h5-8,13H,1-4H3/t13-/m0/s1. The third-order valence-corrected chi connectivity index (χ3v) is 4.78. The van der Waals surface area contributed by atoms with E-state index in [1.807, 2.05) is 12.1 Å². The molecule has 23 heavy (non-hydrogen) atoms. The van der Waals surface area contributed by atoms with Crippen LogP contribution in [0.1, 0.15) is 11.5 Å². The number of ether oxygens (including phenoxy) is 4. The van der Waals surface area contributed by atoms with Crippen LogP contribution in [0.25, 0.3) is 0 Å². The summed E-state index contributed by atoms with van der Waals surface area (Å²) in [6, 6.07) is 10.9. The lowest BCUT2D eigenvalue weighted by Gasteiger charge is -2.65. The molecule has 1 saturated carbocycles. The molecule has 0 aliphatic heterocycles. The Bertz CT molecular complexity index is 640. The maximum Gasteiger partial charge on any atom is 0.257 e.